The van der Waals surface area contributed by atoms with E-state index in [9.17, 15) is 0 Å². The maximum absolute atomic E-state index is 5.40. The van der Waals surface area contributed by atoms with Gasteiger partial charge >= 0.3 is 0 Å². The summed E-state index contributed by atoms with van der Waals surface area (Å²) in [5.41, 5.74) is 2.21. The molecule has 1 fully saturated rings. The summed E-state index contributed by atoms with van der Waals surface area (Å²) in [4.78, 5) is 7.83. The van der Waals surface area contributed by atoms with E-state index >= 15 is 0 Å². The number of para-hydroxylation sites is 1. The van der Waals surface area contributed by atoms with E-state index in [1.807, 2.05) is 12.3 Å². The van der Waals surface area contributed by atoms with Crippen LogP contribution in [0.1, 0.15) is 44.4 Å². The van der Waals surface area contributed by atoms with Crippen LogP contribution in [0, 0.1) is 5.92 Å². The number of fused-ring (bicyclic) bond motifs is 1. The van der Waals surface area contributed by atoms with E-state index < -0.39 is 0 Å². The van der Waals surface area contributed by atoms with Crippen molar-refractivity contribution in [3.63, 3.8) is 0 Å². The van der Waals surface area contributed by atoms with Crippen molar-refractivity contribution in [1.82, 2.24) is 29.9 Å². The van der Waals surface area contributed by atoms with Crippen LogP contribution in [-0.4, -0.2) is 29.9 Å². The van der Waals surface area contributed by atoms with Crippen LogP contribution < -0.4 is 0 Å². The maximum Gasteiger partial charge on any atom is 0.237 e. The van der Waals surface area contributed by atoms with Crippen molar-refractivity contribution in [2.45, 2.75) is 50.1 Å². The molecule has 3 aromatic heterocycles. The lowest BCUT2D eigenvalue weighted by atomic mass is 10.1. The van der Waals surface area contributed by atoms with Gasteiger partial charge in [0.1, 0.15) is 0 Å². The fourth-order valence-corrected chi connectivity index (χ4v) is 4.24. The maximum atomic E-state index is 5.40. The van der Waals surface area contributed by atoms with Crippen molar-refractivity contribution < 1.29 is 4.52 Å². The number of nitrogens with zero attached hydrogens (tertiary/aromatic N) is 5. The molecule has 0 spiro atoms. The Balaban J connectivity index is 1.41. The van der Waals surface area contributed by atoms with Crippen molar-refractivity contribution in [1.29, 1.82) is 0 Å². The lowest BCUT2D eigenvalue weighted by Crippen LogP contribution is -2.00. The van der Waals surface area contributed by atoms with Crippen molar-refractivity contribution in [3.8, 4) is 11.4 Å². The second-order valence-corrected chi connectivity index (χ2v) is 8.59. The summed E-state index contributed by atoms with van der Waals surface area (Å²) in [6.45, 7) is 4.30. The second-order valence-electron chi connectivity index (χ2n) is 7.65. The molecule has 0 radical (unpaired) electrons. The summed E-state index contributed by atoms with van der Waals surface area (Å²) in [5.74, 6) is 3.45. The first-order valence-corrected chi connectivity index (χ1v) is 10.6. The summed E-state index contributed by atoms with van der Waals surface area (Å²) in [6.07, 6.45) is 5.19. The van der Waals surface area contributed by atoms with Crippen LogP contribution in [0.25, 0.3) is 22.3 Å². The number of hydrogen-bond donors (Lipinski definition) is 1. The predicted octanol–water partition coefficient (Wildman–Crippen LogP) is 4.64. The number of aromatic amines is 1. The van der Waals surface area contributed by atoms with Gasteiger partial charge in [0.25, 0.3) is 0 Å². The molecular formula is C20H22N6OS. The molecule has 0 atom stereocenters. The Morgan fingerprint density at radius 1 is 1.25 bits per heavy atom. The minimum Gasteiger partial charge on any atom is -0.360 e. The topological polar surface area (TPSA) is 85.4 Å². The third-order valence-electron chi connectivity index (χ3n) is 4.83. The van der Waals surface area contributed by atoms with E-state index in [4.69, 9.17) is 4.52 Å². The first-order chi connectivity index (χ1) is 13.7. The van der Waals surface area contributed by atoms with Gasteiger partial charge in [-0.2, -0.15) is 4.98 Å². The van der Waals surface area contributed by atoms with Gasteiger partial charge in [0.05, 0.1) is 5.75 Å². The minimum atomic E-state index is 0.473. The summed E-state index contributed by atoms with van der Waals surface area (Å²) in [6, 6.07) is 8.76. The lowest BCUT2D eigenvalue weighted by Gasteiger charge is -2.07. The standard InChI is InChI=1S/C20H22N6OS/c1-12(2)9-17-22-18(27-25-17)11-28-20-24-23-19(26(20)13-7-8-13)15-10-21-16-6-4-3-5-14(15)16/h3-6,10,12-13,21H,7-9,11H2,1-2H3. The number of benzene rings is 1. The molecule has 7 nitrogen and oxygen atoms in total. The van der Waals surface area contributed by atoms with Gasteiger partial charge in [-0.1, -0.05) is 49.0 Å². The van der Waals surface area contributed by atoms with Crippen LogP contribution in [0.2, 0.25) is 0 Å². The van der Waals surface area contributed by atoms with Crippen molar-refractivity contribution in [2.24, 2.45) is 5.92 Å². The highest BCUT2D eigenvalue weighted by Crippen LogP contribution is 2.42. The zero-order valence-electron chi connectivity index (χ0n) is 15.9. The molecular weight excluding hydrogens is 372 g/mol. The monoisotopic (exact) mass is 394 g/mol. The normalized spacial score (nSPS) is 14.4. The van der Waals surface area contributed by atoms with Gasteiger partial charge in [-0.3, -0.25) is 4.57 Å². The van der Waals surface area contributed by atoms with Crippen LogP contribution in [-0.2, 0) is 12.2 Å². The van der Waals surface area contributed by atoms with E-state index in [0.29, 0.717) is 23.6 Å². The van der Waals surface area contributed by atoms with Crippen LogP contribution in [0.5, 0.6) is 0 Å². The smallest absolute Gasteiger partial charge is 0.237 e. The fourth-order valence-electron chi connectivity index (χ4n) is 3.40. The van der Waals surface area contributed by atoms with E-state index in [0.717, 1.165) is 34.3 Å². The molecule has 1 N–H and O–H groups in total. The summed E-state index contributed by atoms with van der Waals surface area (Å²) in [5, 5.41) is 15.2. The average molecular weight is 395 g/mol. The molecule has 1 aromatic carbocycles. The Morgan fingerprint density at radius 3 is 2.93 bits per heavy atom. The molecule has 8 heteroatoms. The van der Waals surface area contributed by atoms with Crippen molar-refractivity contribution in [3.05, 3.63) is 42.2 Å². The van der Waals surface area contributed by atoms with E-state index in [1.54, 1.807) is 11.8 Å². The third-order valence-corrected chi connectivity index (χ3v) is 5.76. The quantitative estimate of drug-likeness (QED) is 0.460. The number of rotatable bonds is 7. The fraction of sp³-hybridized carbons (Fsp3) is 0.400. The second kappa shape index (κ2) is 7.09. The highest BCUT2D eigenvalue weighted by Gasteiger charge is 2.31. The molecule has 4 aromatic rings. The molecule has 0 unspecified atom stereocenters. The van der Waals surface area contributed by atoms with Crippen LogP contribution in [0.15, 0.2) is 40.1 Å². The third kappa shape index (κ3) is 3.32. The van der Waals surface area contributed by atoms with Gasteiger partial charge in [-0.05, 0) is 24.8 Å². The Morgan fingerprint density at radius 2 is 2.11 bits per heavy atom. The zero-order chi connectivity index (χ0) is 19.1. The van der Waals surface area contributed by atoms with Crippen LogP contribution in [0.4, 0.5) is 0 Å². The summed E-state index contributed by atoms with van der Waals surface area (Å²) >= 11 is 1.61. The predicted molar refractivity (Wildman–Crippen MR) is 108 cm³/mol. The largest absolute Gasteiger partial charge is 0.360 e. The molecule has 144 valence electrons. The van der Waals surface area contributed by atoms with E-state index in [1.165, 1.54) is 18.2 Å². The number of aromatic nitrogens is 6. The molecule has 0 aliphatic heterocycles. The summed E-state index contributed by atoms with van der Waals surface area (Å²) < 4.78 is 7.67. The van der Waals surface area contributed by atoms with E-state index in [-0.39, 0.29) is 0 Å². The molecule has 1 saturated carbocycles. The van der Waals surface area contributed by atoms with Crippen LogP contribution >= 0.6 is 11.8 Å². The van der Waals surface area contributed by atoms with Crippen molar-refractivity contribution >= 4 is 22.7 Å². The van der Waals surface area contributed by atoms with Gasteiger partial charge in [-0.15, -0.1) is 10.2 Å². The van der Waals surface area contributed by atoms with Gasteiger partial charge in [0, 0.05) is 35.1 Å². The Kier molecular flexibility index (Phi) is 4.43. The molecule has 0 saturated heterocycles. The molecule has 5 rings (SSSR count). The van der Waals surface area contributed by atoms with Gasteiger partial charge in [0.2, 0.25) is 5.89 Å². The first-order valence-electron chi connectivity index (χ1n) is 9.64. The number of hydrogen-bond acceptors (Lipinski definition) is 6. The molecule has 3 heterocycles. The van der Waals surface area contributed by atoms with Gasteiger partial charge in [-0.25, -0.2) is 0 Å². The van der Waals surface area contributed by atoms with Crippen molar-refractivity contribution in [2.75, 3.05) is 0 Å². The summed E-state index contributed by atoms with van der Waals surface area (Å²) in [7, 11) is 0. The minimum absolute atomic E-state index is 0.473. The average Bonchev–Trinajstić information content (AvgIpc) is 3.10. The van der Waals surface area contributed by atoms with E-state index in [2.05, 4.69) is 61.9 Å². The number of H-pyrrole nitrogens is 1. The Hall–Kier alpha value is -2.61. The van der Waals surface area contributed by atoms with Crippen LogP contribution in [0.3, 0.4) is 0 Å². The highest BCUT2D eigenvalue weighted by molar-refractivity contribution is 7.98. The molecule has 0 bridgehead atoms. The molecule has 1 aliphatic carbocycles. The number of thioether (sulfide) groups is 1. The Labute approximate surface area is 166 Å². The lowest BCUT2D eigenvalue weighted by molar-refractivity contribution is 0.382. The zero-order valence-corrected chi connectivity index (χ0v) is 16.7. The molecule has 0 amide bonds. The molecule has 1 aliphatic rings. The SMILES string of the molecule is CC(C)Cc1noc(CSc2nnc(-c3c[nH]c4ccccc34)n2C2CC2)n1. The first kappa shape index (κ1) is 17.5. The van der Waals surface area contributed by atoms with Gasteiger partial charge in [0.15, 0.2) is 16.8 Å². The number of nitrogens with one attached hydrogen (secondary N) is 1. The Bertz CT molecular complexity index is 1110. The van der Waals surface area contributed by atoms with Gasteiger partial charge < -0.3 is 9.51 Å². The highest BCUT2D eigenvalue weighted by atomic mass is 32.2. The molecule has 28 heavy (non-hydrogen) atoms.